The van der Waals surface area contributed by atoms with Gasteiger partial charge in [0, 0.05) is 39.4 Å². The van der Waals surface area contributed by atoms with Gasteiger partial charge in [-0.15, -0.1) is 17.5 Å². The van der Waals surface area contributed by atoms with Crippen LogP contribution in [0.25, 0.3) is 5.69 Å². The predicted molar refractivity (Wildman–Crippen MR) is 132 cm³/mol. The number of rotatable bonds is 11. The minimum Gasteiger partial charge on any atom is -0.481 e. The monoisotopic (exact) mass is 493 g/mol. The number of nitrogens with zero attached hydrogens (tertiary/aromatic N) is 4. The summed E-state index contributed by atoms with van der Waals surface area (Å²) in [4.78, 5) is 27.2. The van der Waals surface area contributed by atoms with Gasteiger partial charge in [0.15, 0.2) is 5.69 Å². The van der Waals surface area contributed by atoms with Crippen molar-refractivity contribution in [3.05, 3.63) is 41.7 Å². The highest BCUT2D eigenvalue weighted by Gasteiger charge is 2.35. The van der Waals surface area contributed by atoms with E-state index in [1.807, 2.05) is 30.3 Å². The fourth-order valence-electron chi connectivity index (χ4n) is 4.28. The van der Waals surface area contributed by atoms with Crippen LogP contribution in [0.1, 0.15) is 49.3 Å². The summed E-state index contributed by atoms with van der Waals surface area (Å²) in [6, 6.07) is 9.46. The molecular weight excluding hydrogens is 458 g/mol. The van der Waals surface area contributed by atoms with Crippen molar-refractivity contribution >= 4 is 24.3 Å². The number of aromatic nitrogens is 3. The average Bonchev–Trinajstić information content (AvgIpc) is 3.24. The van der Waals surface area contributed by atoms with Crippen molar-refractivity contribution in [2.45, 2.75) is 45.6 Å². The molecule has 1 amide bonds. The largest absolute Gasteiger partial charge is 0.481 e. The SMILES string of the molecule is COCCCCc1c(C(=O)N(CC(C)C)[C@@H]2CNC[C@H](C(=O)O)C2)nnn1-c1ccccc1.Cl. The second kappa shape index (κ2) is 13.4. The van der Waals surface area contributed by atoms with Crippen molar-refractivity contribution in [3.8, 4) is 5.69 Å². The molecule has 10 heteroatoms. The molecule has 34 heavy (non-hydrogen) atoms. The number of methoxy groups -OCH3 is 1. The van der Waals surface area contributed by atoms with Gasteiger partial charge in [0.1, 0.15) is 0 Å². The lowest BCUT2D eigenvalue weighted by atomic mass is 9.94. The number of piperidine rings is 1. The van der Waals surface area contributed by atoms with E-state index in [9.17, 15) is 14.7 Å². The molecular formula is C24H36ClN5O4. The molecule has 1 aromatic carbocycles. The lowest BCUT2D eigenvalue weighted by Gasteiger charge is -2.37. The maximum atomic E-state index is 13.8. The number of carbonyl (C=O) groups excluding carboxylic acids is 1. The minimum atomic E-state index is -0.835. The highest BCUT2D eigenvalue weighted by atomic mass is 35.5. The van der Waals surface area contributed by atoms with Gasteiger partial charge in [-0.05, 0) is 43.7 Å². The minimum absolute atomic E-state index is 0. The standard InChI is InChI=1S/C24H35N5O4.ClH/c1-17(2)16-28(20-13-18(24(31)32)14-25-15-20)23(30)22-21(11-7-8-12-33-3)29(27-26-22)19-9-5-4-6-10-19;/h4-6,9-10,17-18,20,25H,7-8,11-16H2,1-3H3,(H,31,32);1H/t18-,20+;/m1./s1. The Labute approximate surface area is 207 Å². The molecule has 0 aliphatic carbocycles. The Balaban J connectivity index is 0.00000408. The normalized spacial score (nSPS) is 17.9. The number of aliphatic carboxylic acids is 1. The zero-order chi connectivity index (χ0) is 23.8. The maximum absolute atomic E-state index is 13.8. The second-order valence-electron chi connectivity index (χ2n) is 9.02. The van der Waals surface area contributed by atoms with Crippen molar-refractivity contribution in [1.82, 2.24) is 25.2 Å². The van der Waals surface area contributed by atoms with Crippen molar-refractivity contribution in [3.63, 3.8) is 0 Å². The molecule has 0 bridgehead atoms. The van der Waals surface area contributed by atoms with E-state index in [1.165, 1.54) is 0 Å². The van der Waals surface area contributed by atoms with Gasteiger partial charge in [0.05, 0.1) is 17.3 Å². The molecule has 1 aromatic heterocycles. The Hall–Kier alpha value is -2.49. The van der Waals surface area contributed by atoms with Gasteiger partial charge in [-0.1, -0.05) is 37.3 Å². The summed E-state index contributed by atoms with van der Waals surface area (Å²) < 4.78 is 6.92. The number of amides is 1. The smallest absolute Gasteiger partial charge is 0.307 e. The topological polar surface area (TPSA) is 110 Å². The number of hydrogen-bond donors (Lipinski definition) is 2. The Morgan fingerprint density at radius 3 is 2.62 bits per heavy atom. The third-order valence-corrected chi connectivity index (χ3v) is 5.92. The number of hydrogen-bond acceptors (Lipinski definition) is 6. The quantitative estimate of drug-likeness (QED) is 0.463. The van der Waals surface area contributed by atoms with Crippen LogP contribution in [0.15, 0.2) is 30.3 Å². The van der Waals surface area contributed by atoms with E-state index in [-0.39, 0.29) is 30.3 Å². The predicted octanol–water partition coefficient (Wildman–Crippen LogP) is 2.82. The lowest BCUT2D eigenvalue weighted by molar-refractivity contribution is -0.142. The van der Waals surface area contributed by atoms with Gasteiger partial charge < -0.3 is 20.1 Å². The summed E-state index contributed by atoms with van der Waals surface area (Å²) in [5.74, 6) is -1.31. The van der Waals surface area contributed by atoms with Crippen LogP contribution in [0.3, 0.4) is 0 Å². The van der Waals surface area contributed by atoms with E-state index in [0.29, 0.717) is 44.8 Å². The fourth-order valence-corrected chi connectivity index (χ4v) is 4.28. The van der Waals surface area contributed by atoms with E-state index in [4.69, 9.17) is 4.74 Å². The van der Waals surface area contributed by atoms with Crippen molar-refractivity contribution in [1.29, 1.82) is 0 Å². The molecule has 0 spiro atoms. The van der Waals surface area contributed by atoms with Crippen molar-refractivity contribution in [2.24, 2.45) is 11.8 Å². The third kappa shape index (κ3) is 7.01. The summed E-state index contributed by atoms with van der Waals surface area (Å²) in [5, 5.41) is 21.4. The van der Waals surface area contributed by atoms with E-state index < -0.39 is 11.9 Å². The van der Waals surface area contributed by atoms with Crippen LogP contribution in [0.2, 0.25) is 0 Å². The summed E-state index contributed by atoms with van der Waals surface area (Å²) in [5.41, 5.74) is 1.97. The molecule has 2 heterocycles. The molecule has 2 N–H and O–H groups in total. The van der Waals surface area contributed by atoms with Crippen LogP contribution >= 0.6 is 12.4 Å². The average molecular weight is 494 g/mol. The van der Waals surface area contributed by atoms with Crippen LogP contribution in [0.4, 0.5) is 0 Å². The molecule has 1 fully saturated rings. The number of halogens is 1. The van der Waals surface area contributed by atoms with Gasteiger partial charge in [-0.25, -0.2) is 4.68 Å². The van der Waals surface area contributed by atoms with Crippen LogP contribution in [0.5, 0.6) is 0 Å². The van der Waals surface area contributed by atoms with Gasteiger partial charge in [0.2, 0.25) is 0 Å². The Bertz CT molecular complexity index is 921. The van der Waals surface area contributed by atoms with Crippen LogP contribution < -0.4 is 5.32 Å². The van der Waals surface area contributed by atoms with Crippen molar-refractivity contribution in [2.75, 3.05) is 33.4 Å². The number of ether oxygens (including phenoxy) is 1. The first kappa shape index (κ1) is 27.8. The molecule has 2 atom stereocenters. The molecule has 1 aliphatic heterocycles. The number of benzene rings is 1. The number of carboxylic acid groups (broad SMARTS) is 1. The van der Waals surface area contributed by atoms with E-state index in [2.05, 4.69) is 29.5 Å². The molecule has 0 saturated carbocycles. The first-order valence-electron chi connectivity index (χ1n) is 11.7. The summed E-state index contributed by atoms with van der Waals surface area (Å²) in [6.07, 6.45) is 2.77. The molecule has 3 rings (SSSR count). The number of carboxylic acids is 1. The second-order valence-corrected chi connectivity index (χ2v) is 9.02. The zero-order valence-electron chi connectivity index (χ0n) is 20.1. The molecule has 1 saturated heterocycles. The fraction of sp³-hybridized carbons (Fsp3) is 0.583. The van der Waals surface area contributed by atoms with E-state index in [0.717, 1.165) is 24.2 Å². The lowest BCUT2D eigenvalue weighted by Crippen LogP contribution is -2.53. The highest BCUT2D eigenvalue weighted by Crippen LogP contribution is 2.23. The molecule has 0 radical (unpaired) electrons. The number of carbonyl (C=O) groups is 2. The van der Waals surface area contributed by atoms with Crippen LogP contribution in [-0.4, -0.2) is 76.3 Å². The van der Waals surface area contributed by atoms with Gasteiger partial charge in [-0.3, -0.25) is 9.59 Å². The molecule has 2 aromatic rings. The van der Waals surface area contributed by atoms with Crippen molar-refractivity contribution < 1.29 is 19.4 Å². The van der Waals surface area contributed by atoms with E-state index >= 15 is 0 Å². The summed E-state index contributed by atoms with van der Waals surface area (Å²) in [7, 11) is 1.68. The summed E-state index contributed by atoms with van der Waals surface area (Å²) >= 11 is 0. The third-order valence-electron chi connectivity index (χ3n) is 5.92. The Morgan fingerprint density at radius 2 is 1.97 bits per heavy atom. The molecule has 9 nitrogen and oxygen atoms in total. The summed E-state index contributed by atoms with van der Waals surface area (Å²) in [6.45, 7) is 6.27. The van der Waals surface area contributed by atoms with Gasteiger partial charge in [-0.2, -0.15) is 0 Å². The zero-order valence-corrected chi connectivity index (χ0v) is 21.0. The Morgan fingerprint density at radius 1 is 1.24 bits per heavy atom. The first-order valence-corrected chi connectivity index (χ1v) is 11.7. The number of para-hydroxylation sites is 1. The first-order chi connectivity index (χ1) is 15.9. The highest BCUT2D eigenvalue weighted by molar-refractivity contribution is 5.93. The molecule has 0 unspecified atom stereocenters. The molecule has 1 aliphatic rings. The van der Waals surface area contributed by atoms with Gasteiger partial charge in [0.25, 0.3) is 5.91 Å². The van der Waals surface area contributed by atoms with Gasteiger partial charge >= 0.3 is 5.97 Å². The Kier molecular flexibility index (Phi) is 10.9. The van der Waals surface area contributed by atoms with E-state index in [1.54, 1.807) is 16.7 Å². The molecule has 188 valence electrons. The number of nitrogens with one attached hydrogen (secondary N) is 1. The number of unbranched alkanes of at least 4 members (excludes halogenated alkanes) is 1. The van der Waals surface area contributed by atoms with Crippen LogP contribution in [-0.2, 0) is 16.0 Å². The van der Waals surface area contributed by atoms with Crippen LogP contribution in [0, 0.1) is 11.8 Å². The maximum Gasteiger partial charge on any atom is 0.307 e.